The van der Waals surface area contributed by atoms with Crippen LogP contribution < -0.4 is 9.62 Å². The molecule has 0 unspecified atom stereocenters. The Morgan fingerprint density at radius 3 is 2.89 bits per heavy atom. The van der Waals surface area contributed by atoms with Gasteiger partial charge in [0, 0.05) is 19.3 Å². The predicted molar refractivity (Wildman–Crippen MR) is 73.4 cm³/mol. The smallest absolute Gasteiger partial charge is 0.241 e. The molecular weight excluding hydrogens is 262 g/mol. The second-order valence-corrected chi connectivity index (χ2v) is 6.50. The largest absolute Gasteiger partial charge is 0.374 e. The number of anilines is 1. The number of fused-ring (bicyclic) bond motifs is 1. The first-order valence-corrected chi connectivity index (χ1v) is 7.68. The Hall–Kier alpha value is -1.58. The summed E-state index contributed by atoms with van der Waals surface area (Å²) in [5.41, 5.74) is 2.12. The van der Waals surface area contributed by atoms with Gasteiger partial charge in [-0.2, -0.15) is 9.98 Å². The highest BCUT2D eigenvalue weighted by molar-refractivity contribution is 7.89. The van der Waals surface area contributed by atoms with Gasteiger partial charge >= 0.3 is 0 Å². The summed E-state index contributed by atoms with van der Waals surface area (Å²) in [7, 11) is -1.67. The van der Waals surface area contributed by atoms with Crippen molar-refractivity contribution < 1.29 is 8.42 Å². The van der Waals surface area contributed by atoms with Gasteiger partial charge in [0.05, 0.1) is 11.0 Å². The summed E-state index contributed by atoms with van der Waals surface area (Å²) in [6.07, 6.45) is 2.06. The lowest BCUT2D eigenvalue weighted by atomic mass is 10.0. The van der Waals surface area contributed by atoms with E-state index in [-0.39, 0.29) is 4.90 Å². The second kappa shape index (κ2) is 5.19. The molecule has 0 saturated carbocycles. The molecule has 1 atom stereocenters. The van der Waals surface area contributed by atoms with Crippen LogP contribution in [0, 0.1) is 11.3 Å². The second-order valence-electron chi connectivity index (χ2n) is 4.79. The van der Waals surface area contributed by atoms with E-state index in [1.165, 1.54) is 12.5 Å². The van der Waals surface area contributed by atoms with Crippen molar-refractivity contribution in [1.82, 2.24) is 4.72 Å². The van der Waals surface area contributed by atoms with Crippen LogP contribution in [-0.2, 0) is 16.4 Å². The van der Waals surface area contributed by atoms with E-state index in [0.717, 1.165) is 25.1 Å². The van der Waals surface area contributed by atoms with Crippen LogP contribution in [0.15, 0.2) is 23.1 Å². The van der Waals surface area contributed by atoms with Crippen LogP contribution >= 0.6 is 0 Å². The Labute approximate surface area is 113 Å². The molecule has 1 heterocycles. The Morgan fingerprint density at radius 2 is 2.21 bits per heavy atom. The zero-order chi connectivity index (χ0) is 14.0. The third kappa shape index (κ3) is 2.88. The molecule has 0 aromatic heterocycles. The highest BCUT2D eigenvalue weighted by Gasteiger charge is 2.21. The van der Waals surface area contributed by atoms with E-state index in [2.05, 4.69) is 9.62 Å². The van der Waals surface area contributed by atoms with E-state index < -0.39 is 16.1 Å². The molecule has 0 saturated heterocycles. The fraction of sp³-hybridized carbons (Fsp3) is 0.462. The standard InChI is InChI=1S/C13H17N3O2S/c1-10(9-14)15-19(17,18)12-6-5-11-4-3-7-16(2)13(11)8-12/h5-6,8,10,15H,3-4,7H2,1-2H3/t10-/m1/s1. The Kier molecular flexibility index (Phi) is 3.78. The van der Waals surface area contributed by atoms with Crippen molar-refractivity contribution in [1.29, 1.82) is 5.26 Å². The number of benzene rings is 1. The number of sulfonamides is 1. The maximum Gasteiger partial charge on any atom is 0.241 e. The number of nitrogens with one attached hydrogen (secondary N) is 1. The zero-order valence-electron chi connectivity index (χ0n) is 11.0. The minimum absolute atomic E-state index is 0.210. The maximum absolute atomic E-state index is 12.1. The summed E-state index contributed by atoms with van der Waals surface area (Å²) >= 11 is 0. The van der Waals surface area contributed by atoms with Crippen molar-refractivity contribution in [3.8, 4) is 6.07 Å². The summed E-state index contributed by atoms with van der Waals surface area (Å²) in [4.78, 5) is 2.27. The lowest BCUT2D eigenvalue weighted by Gasteiger charge is -2.27. The third-order valence-corrected chi connectivity index (χ3v) is 4.78. The van der Waals surface area contributed by atoms with E-state index in [4.69, 9.17) is 5.26 Å². The van der Waals surface area contributed by atoms with Crippen molar-refractivity contribution in [2.45, 2.75) is 30.7 Å². The minimum Gasteiger partial charge on any atom is -0.374 e. The number of rotatable bonds is 3. The SMILES string of the molecule is C[C@H](C#N)NS(=O)(=O)c1ccc2c(c1)N(C)CCC2. The van der Waals surface area contributed by atoms with Crippen LogP contribution in [-0.4, -0.2) is 28.1 Å². The van der Waals surface area contributed by atoms with Gasteiger partial charge in [-0.3, -0.25) is 0 Å². The quantitative estimate of drug-likeness (QED) is 0.904. The van der Waals surface area contributed by atoms with E-state index in [0.29, 0.717) is 0 Å². The normalized spacial score (nSPS) is 16.6. The first kappa shape index (κ1) is 13.8. The molecule has 1 aromatic rings. The lowest BCUT2D eigenvalue weighted by Crippen LogP contribution is -2.32. The number of nitriles is 1. The van der Waals surface area contributed by atoms with Crippen LogP contribution in [0.25, 0.3) is 0 Å². The predicted octanol–water partition coefficient (Wildman–Crippen LogP) is 1.26. The average Bonchev–Trinajstić information content (AvgIpc) is 2.38. The molecule has 102 valence electrons. The fourth-order valence-corrected chi connectivity index (χ4v) is 3.40. The molecule has 1 aromatic carbocycles. The van der Waals surface area contributed by atoms with Gasteiger partial charge < -0.3 is 4.90 Å². The van der Waals surface area contributed by atoms with Crippen molar-refractivity contribution in [2.24, 2.45) is 0 Å². The van der Waals surface area contributed by atoms with Crippen LogP contribution in [0.4, 0.5) is 5.69 Å². The molecule has 1 aliphatic rings. The van der Waals surface area contributed by atoms with Gasteiger partial charge in [0.1, 0.15) is 6.04 Å². The molecule has 2 rings (SSSR count). The number of nitrogens with zero attached hydrogens (tertiary/aromatic N) is 2. The molecule has 0 radical (unpaired) electrons. The maximum atomic E-state index is 12.1. The molecule has 1 aliphatic heterocycles. The highest BCUT2D eigenvalue weighted by atomic mass is 32.2. The van der Waals surface area contributed by atoms with Crippen molar-refractivity contribution >= 4 is 15.7 Å². The molecule has 1 N–H and O–H groups in total. The summed E-state index contributed by atoms with van der Waals surface area (Å²) < 4.78 is 26.6. The van der Waals surface area contributed by atoms with Gasteiger partial charge in [-0.1, -0.05) is 6.07 Å². The molecule has 5 nitrogen and oxygen atoms in total. The van der Waals surface area contributed by atoms with Crippen LogP contribution in [0.3, 0.4) is 0 Å². The molecule has 0 spiro atoms. The Bertz CT molecular complexity index is 619. The molecular formula is C13H17N3O2S. The zero-order valence-corrected chi connectivity index (χ0v) is 11.9. The number of hydrogen-bond donors (Lipinski definition) is 1. The van der Waals surface area contributed by atoms with E-state index in [1.54, 1.807) is 12.1 Å². The van der Waals surface area contributed by atoms with Crippen LogP contribution in [0.2, 0.25) is 0 Å². The van der Waals surface area contributed by atoms with Gasteiger partial charge in [0.25, 0.3) is 0 Å². The highest BCUT2D eigenvalue weighted by Crippen LogP contribution is 2.28. The van der Waals surface area contributed by atoms with Gasteiger partial charge in [-0.05, 0) is 37.5 Å². The summed E-state index contributed by atoms with van der Waals surface area (Å²) in [5, 5.41) is 8.69. The number of aryl methyl sites for hydroxylation is 1. The summed E-state index contributed by atoms with van der Waals surface area (Å²) in [5.74, 6) is 0. The number of hydrogen-bond acceptors (Lipinski definition) is 4. The van der Waals surface area contributed by atoms with Crippen LogP contribution in [0.1, 0.15) is 18.9 Å². The monoisotopic (exact) mass is 279 g/mol. The van der Waals surface area contributed by atoms with Gasteiger partial charge in [0.15, 0.2) is 0 Å². The van der Waals surface area contributed by atoms with Crippen molar-refractivity contribution in [2.75, 3.05) is 18.5 Å². The van der Waals surface area contributed by atoms with Gasteiger partial charge in [0.2, 0.25) is 10.0 Å². The Morgan fingerprint density at radius 1 is 1.47 bits per heavy atom. The van der Waals surface area contributed by atoms with Gasteiger partial charge in [-0.15, -0.1) is 0 Å². The molecule has 0 aliphatic carbocycles. The molecule has 0 amide bonds. The molecule has 6 heteroatoms. The van der Waals surface area contributed by atoms with E-state index in [1.807, 2.05) is 19.2 Å². The van der Waals surface area contributed by atoms with E-state index >= 15 is 0 Å². The molecule has 0 bridgehead atoms. The Balaban J connectivity index is 2.37. The summed E-state index contributed by atoms with van der Waals surface area (Å²) in [6, 6.07) is 6.26. The first-order valence-electron chi connectivity index (χ1n) is 6.20. The van der Waals surface area contributed by atoms with Crippen molar-refractivity contribution in [3.63, 3.8) is 0 Å². The average molecular weight is 279 g/mol. The summed E-state index contributed by atoms with van der Waals surface area (Å²) in [6.45, 7) is 2.45. The lowest BCUT2D eigenvalue weighted by molar-refractivity contribution is 0.577. The molecule has 19 heavy (non-hydrogen) atoms. The van der Waals surface area contributed by atoms with Gasteiger partial charge in [-0.25, -0.2) is 8.42 Å². The third-order valence-electron chi connectivity index (χ3n) is 3.24. The molecule has 0 fully saturated rings. The van der Waals surface area contributed by atoms with Crippen molar-refractivity contribution in [3.05, 3.63) is 23.8 Å². The first-order chi connectivity index (χ1) is 8.94. The topological polar surface area (TPSA) is 73.2 Å². The minimum atomic E-state index is -3.63. The van der Waals surface area contributed by atoms with E-state index in [9.17, 15) is 8.42 Å². The fourth-order valence-electron chi connectivity index (χ4n) is 2.23. The van der Waals surface area contributed by atoms with Crippen LogP contribution in [0.5, 0.6) is 0 Å².